The molecule has 0 saturated carbocycles. The van der Waals surface area contributed by atoms with E-state index < -0.39 is 0 Å². The predicted octanol–water partition coefficient (Wildman–Crippen LogP) is 4.23. The lowest BCUT2D eigenvalue weighted by atomic mass is 9.73. The lowest BCUT2D eigenvalue weighted by Gasteiger charge is -2.34. The van der Waals surface area contributed by atoms with Crippen LogP contribution in [0, 0.1) is 29.7 Å². The lowest BCUT2D eigenvalue weighted by Crippen LogP contribution is -2.43. The summed E-state index contributed by atoms with van der Waals surface area (Å²) in [5.41, 5.74) is 8.94. The van der Waals surface area contributed by atoms with E-state index in [2.05, 4.69) is 83.1 Å². The Labute approximate surface area is 224 Å². The van der Waals surface area contributed by atoms with Crippen molar-refractivity contribution in [3.63, 3.8) is 0 Å². The quantitative estimate of drug-likeness (QED) is 0.215. The zero-order valence-electron chi connectivity index (χ0n) is 23.6. The van der Waals surface area contributed by atoms with E-state index in [9.17, 15) is 0 Å². The molecule has 37 heavy (non-hydrogen) atoms. The molecule has 2 aliphatic heterocycles. The summed E-state index contributed by atoms with van der Waals surface area (Å²) in [5.74, 6) is 5.82. The standard InChI is InChI=1S/C30H45N7/c1-8-11-25(37-18-16-32-17-19-37)20-34-23(6)35-30-33-15-14-24-12-13-26(21(4)9-2)27(29(24)36-30)28(31-7)22(5)10-3/h8,20-22,26,31-32H,6,9-10,12-13,16-19H2,1-5,7H3,(H2,33,35,36)/b28-27+,34-20-. The first-order chi connectivity index (χ1) is 17.9. The molecule has 0 spiro atoms. The van der Waals surface area contributed by atoms with Crippen LogP contribution in [-0.4, -0.2) is 50.3 Å². The van der Waals surface area contributed by atoms with Gasteiger partial charge < -0.3 is 20.9 Å². The smallest absolute Gasteiger partial charge is 0.214 e. The first-order valence-electron chi connectivity index (χ1n) is 13.8. The molecule has 3 unspecified atom stereocenters. The van der Waals surface area contributed by atoms with Gasteiger partial charge in [0.15, 0.2) is 0 Å². The van der Waals surface area contributed by atoms with Gasteiger partial charge in [-0.25, -0.2) is 9.98 Å². The van der Waals surface area contributed by atoms with E-state index >= 15 is 0 Å². The van der Waals surface area contributed by atoms with Crippen LogP contribution in [0.2, 0.25) is 0 Å². The zero-order valence-corrected chi connectivity index (χ0v) is 23.6. The number of hydrogen-bond acceptors (Lipinski definition) is 7. The van der Waals surface area contributed by atoms with Crippen LogP contribution in [0.1, 0.15) is 60.3 Å². The number of hydrogen-bond donors (Lipinski definition) is 4. The maximum absolute atomic E-state index is 5.09. The summed E-state index contributed by atoms with van der Waals surface area (Å²) >= 11 is 0. The summed E-state index contributed by atoms with van der Waals surface area (Å²) < 4.78 is 0. The fourth-order valence-electron chi connectivity index (χ4n) is 5.12. The van der Waals surface area contributed by atoms with Gasteiger partial charge >= 0.3 is 0 Å². The van der Waals surface area contributed by atoms with Crippen LogP contribution in [0.4, 0.5) is 0 Å². The second-order valence-corrected chi connectivity index (χ2v) is 9.97. The Hall–Kier alpha value is -3.20. The zero-order chi connectivity index (χ0) is 26.8. The molecule has 7 heteroatoms. The van der Waals surface area contributed by atoms with Gasteiger partial charge in [-0.3, -0.25) is 5.32 Å². The predicted molar refractivity (Wildman–Crippen MR) is 156 cm³/mol. The van der Waals surface area contributed by atoms with Gasteiger partial charge in [0.25, 0.3) is 0 Å². The fraction of sp³-hybridized carbons (Fsp3) is 0.567. The number of guanidine groups is 1. The molecular formula is C30H45N7. The fourth-order valence-corrected chi connectivity index (χ4v) is 5.12. The number of allylic oxidation sites excluding steroid dienone is 4. The van der Waals surface area contributed by atoms with E-state index in [0.29, 0.717) is 29.5 Å². The molecule has 1 aliphatic carbocycles. The minimum Gasteiger partial charge on any atom is -0.391 e. The van der Waals surface area contributed by atoms with Crippen molar-refractivity contribution in [1.29, 1.82) is 0 Å². The average Bonchev–Trinajstić information content (AvgIpc) is 3.13. The highest BCUT2D eigenvalue weighted by molar-refractivity contribution is 5.86. The number of aliphatic imine (C=N–C) groups is 2. The van der Waals surface area contributed by atoms with E-state index in [1.165, 1.54) is 11.3 Å². The van der Waals surface area contributed by atoms with Gasteiger partial charge in [-0.15, -0.1) is 0 Å². The second-order valence-electron chi connectivity index (χ2n) is 9.97. The second kappa shape index (κ2) is 13.9. The highest BCUT2D eigenvalue weighted by Crippen LogP contribution is 2.43. The van der Waals surface area contributed by atoms with Crippen LogP contribution in [0.25, 0.3) is 0 Å². The largest absolute Gasteiger partial charge is 0.391 e. The molecule has 1 fully saturated rings. The van der Waals surface area contributed by atoms with Crippen LogP contribution < -0.4 is 21.3 Å². The molecule has 0 aromatic rings. The average molecular weight is 504 g/mol. The van der Waals surface area contributed by atoms with Gasteiger partial charge in [0.2, 0.25) is 5.96 Å². The van der Waals surface area contributed by atoms with Crippen LogP contribution >= 0.6 is 0 Å². The molecule has 3 rings (SSSR count). The van der Waals surface area contributed by atoms with E-state index in [1.54, 1.807) is 0 Å². The third kappa shape index (κ3) is 7.19. The van der Waals surface area contributed by atoms with E-state index in [-0.39, 0.29) is 0 Å². The van der Waals surface area contributed by atoms with Crippen LogP contribution in [0.15, 0.2) is 62.4 Å². The van der Waals surface area contributed by atoms with Gasteiger partial charge in [0, 0.05) is 56.1 Å². The minimum atomic E-state index is 0.413. The van der Waals surface area contributed by atoms with Crippen molar-refractivity contribution >= 4 is 12.2 Å². The normalized spacial score (nSPS) is 22.3. The molecule has 0 radical (unpaired) electrons. The highest BCUT2D eigenvalue weighted by atomic mass is 15.2. The van der Waals surface area contributed by atoms with Gasteiger partial charge in [-0.2, -0.15) is 0 Å². The summed E-state index contributed by atoms with van der Waals surface area (Å²) in [7, 11) is 2.03. The van der Waals surface area contributed by atoms with Crippen molar-refractivity contribution in [3.05, 3.63) is 52.4 Å². The third-order valence-electron chi connectivity index (χ3n) is 7.59. The Bertz CT molecular complexity index is 1080. The molecule has 0 aromatic heterocycles. The maximum Gasteiger partial charge on any atom is 0.214 e. The monoisotopic (exact) mass is 503 g/mol. The van der Waals surface area contributed by atoms with Crippen LogP contribution in [0.5, 0.6) is 0 Å². The molecule has 200 valence electrons. The molecule has 2 heterocycles. The van der Waals surface area contributed by atoms with Crippen molar-refractivity contribution in [2.24, 2.45) is 27.7 Å². The molecule has 0 amide bonds. The molecule has 0 aromatic carbocycles. The van der Waals surface area contributed by atoms with Gasteiger partial charge in [-0.05, 0) is 55.9 Å². The van der Waals surface area contributed by atoms with E-state index in [1.807, 2.05) is 26.3 Å². The Balaban J connectivity index is 1.91. The Kier molecular flexibility index (Phi) is 10.7. The summed E-state index contributed by atoms with van der Waals surface area (Å²) in [6, 6.07) is 3.09. The molecule has 1 saturated heterocycles. The lowest BCUT2D eigenvalue weighted by molar-refractivity contribution is 0.313. The van der Waals surface area contributed by atoms with Gasteiger partial charge in [-0.1, -0.05) is 46.4 Å². The van der Waals surface area contributed by atoms with Gasteiger partial charge in [0.05, 0.1) is 17.6 Å². The number of piperazine rings is 1. The summed E-state index contributed by atoms with van der Waals surface area (Å²) in [6.07, 6.45) is 7.98. The van der Waals surface area contributed by atoms with E-state index in [4.69, 9.17) is 4.99 Å². The Morgan fingerprint density at radius 1 is 1.30 bits per heavy atom. The summed E-state index contributed by atoms with van der Waals surface area (Å²) in [4.78, 5) is 12.0. The van der Waals surface area contributed by atoms with Crippen molar-refractivity contribution in [2.45, 2.75) is 60.3 Å². The highest BCUT2D eigenvalue weighted by Gasteiger charge is 2.33. The molecule has 4 N–H and O–H groups in total. The first kappa shape index (κ1) is 28.4. The third-order valence-corrected chi connectivity index (χ3v) is 7.59. The van der Waals surface area contributed by atoms with E-state index in [0.717, 1.165) is 68.8 Å². The van der Waals surface area contributed by atoms with Crippen LogP contribution in [-0.2, 0) is 0 Å². The summed E-state index contributed by atoms with van der Waals surface area (Å²) in [6.45, 7) is 19.0. The van der Waals surface area contributed by atoms with Crippen molar-refractivity contribution in [1.82, 2.24) is 26.2 Å². The van der Waals surface area contributed by atoms with Crippen LogP contribution in [0.3, 0.4) is 0 Å². The number of nitrogens with zero attached hydrogens (tertiary/aromatic N) is 3. The van der Waals surface area contributed by atoms with Crippen molar-refractivity contribution in [3.8, 4) is 12.0 Å². The topological polar surface area (TPSA) is 76.1 Å². The SMILES string of the molecule is C=C(/N=C\C(=C=CC)N1CCNCC1)NC1=NC2=C(C#CN1)CCC(C(C)CC)/C2=C(\NC)C(C)CC. The number of rotatable bonds is 9. The molecular weight excluding hydrogens is 458 g/mol. The molecule has 3 atom stereocenters. The number of nitrogens with one attached hydrogen (secondary N) is 4. The Morgan fingerprint density at radius 3 is 2.70 bits per heavy atom. The first-order valence-corrected chi connectivity index (χ1v) is 13.8. The summed E-state index contributed by atoms with van der Waals surface area (Å²) in [5, 5.41) is 13.3. The molecule has 7 nitrogen and oxygen atoms in total. The maximum atomic E-state index is 5.09. The van der Waals surface area contributed by atoms with Gasteiger partial charge in [0.1, 0.15) is 5.82 Å². The molecule has 0 bridgehead atoms. The van der Waals surface area contributed by atoms with Crippen molar-refractivity contribution < 1.29 is 0 Å². The minimum absolute atomic E-state index is 0.413. The van der Waals surface area contributed by atoms with Crippen molar-refractivity contribution in [2.75, 3.05) is 33.2 Å². The molecule has 3 aliphatic rings. The Morgan fingerprint density at radius 2 is 2.05 bits per heavy atom.